The van der Waals surface area contributed by atoms with Gasteiger partial charge in [-0.2, -0.15) is 0 Å². The maximum atomic E-state index is 12.0. The molecule has 0 amide bonds. The Morgan fingerprint density at radius 1 is 1.17 bits per heavy atom. The van der Waals surface area contributed by atoms with E-state index in [4.69, 9.17) is 0 Å². The van der Waals surface area contributed by atoms with Gasteiger partial charge in [-0.15, -0.1) is 0 Å². The predicted molar refractivity (Wildman–Crippen MR) is 122 cm³/mol. The fraction of sp³-hybridized carbons (Fsp3) is 0.741. The molecule has 1 N–H and O–H groups in total. The lowest BCUT2D eigenvalue weighted by Crippen LogP contribution is -2.36. The van der Waals surface area contributed by atoms with E-state index < -0.39 is 6.10 Å². The van der Waals surface area contributed by atoms with Crippen molar-refractivity contribution in [2.45, 2.75) is 98.0 Å². The van der Waals surface area contributed by atoms with E-state index in [2.05, 4.69) is 46.4 Å². The van der Waals surface area contributed by atoms with Crippen molar-refractivity contribution in [2.24, 2.45) is 29.1 Å². The Morgan fingerprint density at radius 2 is 1.93 bits per heavy atom. The van der Waals surface area contributed by atoms with Crippen molar-refractivity contribution in [1.82, 2.24) is 0 Å². The Bertz CT molecular complexity index is 683. The number of fused-ring (bicyclic) bond motifs is 1. The zero-order valence-corrected chi connectivity index (χ0v) is 19.2. The molecule has 0 aromatic rings. The molecule has 29 heavy (non-hydrogen) atoms. The van der Waals surface area contributed by atoms with E-state index in [-0.39, 0.29) is 12.2 Å². The van der Waals surface area contributed by atoms with Crippen LogP contribution in [-0.4, -0.2) is 17.0 Å². The smallest absolute Gasteiger partial charge is 0.165 e. The number of hydrogen-bond acceptors (Lipinski definition) is 2. The standard InChI is InChI=1S/C27H42O2/c1-18(2)8-6-9-19(3)24-13-14-25-21(10-7-15-27(24,25)5)11-12-22-16-23(28)17-26(29)20(22)4/h11-12,18-19,23-25,28H,4,6-10,13-17H2,1-3,5H3/b21-11+,22-12-/t19-,23-,24-,25?,27-/m1/s1. The number of carbonyl (C=O) groups excluding carboxylic acids is 1. The average Bonchev–Trinajstić information content (AvgIpc) is 3.00. The Balaban J connectivity index is 1.72. The number of hydrogen-bond donors (Lipinski definition) is 1. The lowest BCUT2D eigenvalue weighted by atomic mass is 9.60. The summed E-state index contributed by atoms with van der Waals surface area (Å²) in [7, 11) is 0. The number of carbonyl (C=O) groups is 1. The highest BCUT2D eigenvalue weighted by molar-refractivity contribution is 6.00. The highest BCUT2D eigenvalue weighted by Crippen LogP contribution is 2.59. The molecule has 3 rings (SSSR count). The van der Waals surface area contributed by atoms with Gasteiger partial charge in [0.05, 0.1) is 6.10 Å². The molecule has 3 saturated carbocycles. The number of aliphatic hydroxyl groups is 1. The van der Waals surface area contributed by atoms with E-state index in [1.807, 2.05) is 0 Å². The van der Waals surface area contributed by atoms with Gasteiger partial charge in [0.1, 0.15) is 0 Å². The summed E-state index contributed by atoms with van der Waals surface area (Å²) in [5.74, 6) is 3.14. The van der Waals surface area contributed by atoms with Crippen LogP contribution in [0.3, 0.4) is 0 Å². The molecular weight excluding hydrogens is 356 g/mol. The molecule has 3 fully saturated rings. The van der Waals surface area contributed by atoms with Crippen LogP contribution in [0.15, 0.2) is 35.5 Å². The first kappa shape index (κ1) is 22.5. The average molecular weight is 399 g/mol. The molecule has 3 aliphatic rings. The van der Waals surface area contributed by atoms with E-state index in [1.165, 1.54) is 51.4 Å². The molecule has 2 nitrogen and oxygen atoms in total. The summed E-state index contributed by atoms with van der Waals surface area (Å²) >= 11 is 0. The Morgan fingerprint density at radius 3 is 2.66 bits per heavy atom. The van der Waals surface area contributed by atoms with Crippen LogP contribution < -0.4 is 0 Å². The quantitative estimate of drug-likeness (QED) is 0.500. The van der Waals surface area contributed by atoms with Crippen LogP contribution in [-0.2, 0) is 4.79 Å². The highest BCUT2D eigenvalue weighted by Gasteiger charge is 2.50. The summed E-state index contributed by atoms with van der Waals surface area (Å²) in [6.07, 6.45) is 15.2. The second-order valence-electron chi connectivity index (χ2n) is 10.8. The molecule has 1 unspecified atom stereocenters. The Hall–Kier alpha value is -1.15. The van der Waals surface area contributed by atoms with E-state index in [0.29, 0.717) is 23.3 Å². The van der Waals surface area contributed by atoms with Crippen molar-refractivity contribution >= 4 is 5.78 Å². The minimum Gasteiger partial charge on any atom is -0.392 e. The van der Waals surface area contributed by atoms with Crippen LogP contribution in [0.4, 0.5) is 0 Å². The Kier molecular flexibility index (Phi) is 7.25. The molecule has 162 valence electrons. The van der Waals surface area contributed by atoms with Gasteiger partial charge in [-0.25, -0.2) is 0 Å². The minimum atomic E-state index is -0.545. The fourth-order valence-corrected chi connectivity index (χ4v) is 6.61. The third-order valence-electron chi connectivity index (χ3n) is 8.27. The molecule has 0 aromatic carbocycles. The SMILES string of the molecule is C=C1C(=O)C[C@H](O)C/C1=C/C=C1\CCC[C@@]2(C)C1CC[C@@H]2[C@H](C)CCCC(C)C. The molecule has 3 aliphatic carbocycles. The summed E-state index contributed by atoms with van der Waals surface area (Å²) < 4.78 is 0. The van der Waals surface area contributed by atoms with Gasteiger partial charge in [0.2, 0.25) is 0 Å². The summed E-state index contributed by atoms with van der Waals surface area (Å²) in [5, 5.41) is 9.97. The summed E-state index contributed by atoms with van der Waals surface area (Å²) in [5.41, 5.74) is 3.54. The first-order valence-corrected chi connectivity index (χ1v) is 12.0. The number of aliphatic hydroxyl groups excluding tert-OH is 1. The largest absolute Gasteiger partial charge is 0.392 e. The summed E-state index contributed by atoms with van der Waals surface area (Å²) in [6, 6.07) is 0. The van der Waals surface area contributed by atoms with Gasteiger partial charge in [0.15, 0.2) is 5.78 Å². The minimum absolute atomic E-state index is 0.00182. The van der Waals surface area contributed by atoms with Crippen LogP contribution >= 0.6 is 0 Å². The highest BCUT2D eigenvalue weighted by atomic mass is 16.3. The molecule has 0 bridgehead atoms. The lowest BCUT2D eigenvalue weighted by molar-refractivity contribution is -0.117. The second kappa shape index (κ2) is 9.33. The number of allylic oxidation sites excluding steroid dienone is 4. The van der Waals surface area contributed by atoms with Crippen LogP contribution in [0.5, 0.6) is 0 Å². The van der Waals surface area contributed by atoms with Gasteiger partial charge in [0.25, 0.3) is 0 Å². The van der Waals surface area contributed by atoms with Crippen molar-refractivity contribution in [2.75, 3.05) is 0 Å². The normalized spacial score (nSPS) is 36.8. The van der Waals surface area contributed by atoms with Crippen LogP contribution in [0.25, 0.3) is 0 Å². The van der Waals surface area contributed by atoms with Crippen LogP contribution in [0.1, 0.15) is 91.9 Å². The maximum absolute atomic E-state index is 12.0. The summed E-state index contributed by atoms with van der Waals surface area (Å²) in [6.45, 7) is 13.7. The first-order valence-electron chi connectivity index (χ1n) is 12.0. The van der Waals surface area contributed by atoms with Gasteiger partial charge >= 0.3 is 0 Å². The van der Waals surface area contributed by atoms with Crippen molar-refractivity contribution in [3.05, 3.63) is 35.5 Å². The molecule has 0 saturated heterocycles. The van der Waals surface area contributed by atoms with Gasteiger partial charge in [0, 0.05) is 12.0 Å². The fourth-order valence-electron chi connectivity index (χ4n) is 6.61. The topological polar surface area (TPSA) is 37.3 Å². The molecular formula is C27H42O2. The lowest BCUT2D eigenvalue weighted by Gasteiger charge is -2.44. The number of rotatable bonds is 6. The first-order chi connectivity index (χ1) is 13.7. The van der Waals surface area contributed by atoms with Gasteiger partial charge in [-0.3, -0.25) is 4.79 Å². The maximum Gasteiger partial charge on any atom is 0.165 e. The third-order valence-corrected chi connectivity index (χ3v) is 8.27. The van der Waals surface area contributed by atoms with Crippen LogP contribution in [0.2, 0.25) is 0 Å². The predicted octanol–water partition coefficient (Wildman–Crippen LogP) is 6.80. The van der Waals surface area contributed by atoms with E-state index in [0.717, 1.165) is 23.3 Å². The third kappa shape index (κ3) is 4.95. The molecule has 2 heteroatoms. The van der Waals surface area contributed by atoms with Gasteiger partial charge in [-0.1, -0.05) is 71.3 Å². The monoisotopic (exact) mass is 398 g/mol. The van der Waals surface area contributed by atoms with Crippen LogP contribution in [0, 0.1) is 29.1 Å². The van der Waals surface area contributed by atoms with Gasteiger partial charge < -0.3 is 5.11 Å². The van der Waals surface area contributed by atoms with Crippen molar-refractivity contribution < 1.29 is 9.90 Å². The van der Waals surface area contributed by atoms with Crippen molar-refractivity contribution in [3.8, 4) is 0 Å². The van der Waals surface area contributed by atoms with Gasteiger partial charge in [-0.05, 0) is 73.2 Å². The molecule has 5 atom stereocenters. The molecule has 0 heterocycles. The van der Waals surface area contributed by atoms with E-state index in [1.54, 1.807) is 5.57 Å². The van der Waals surface area contributed by atoms with E-state index >= 15 is 0 Å². The number of Topliss-reactive ketones (excluding diaryl/α,β-unsaturated/α-hetero) is 1. The molecule has 0 radical (unpaired) electrons. The number of ketones is 1. The second-order valence-corrected chi connectivity index (χ2v) is 10.8. The van der Waals surface area contributed by atoms with Crippen molar-refractivity contribution in [3.63, 3.8) is 0 Å². The van der Waals surface area contributed by atoms with E-state index in [9.17, 15) is 9.90 Å². The molecule has 0 aliphatic heterocycles. The Labute approximate surface area is 178 Å². The molecule has 0 aromatic heterocycles. The molecule has 0 spiro atoms. The zero-order valence-electron chi connectivity index (χ0n) is 19.2. The summed E-state index contributed by atoms with van der Waals surface area (Å²) in [4.78, 5) is 12.0. The van der Waals surface area contributed by atoms with Crippen molar-refractivity contribution in [1.29, 1.82) is 0 Å². The zero-order chi connectivity index (χ0) is 21.2.